The van der Waals surface area contributed by atoms with Gasteiger partial charge in [-0.3, -0.25) is 0 Å². The maximum Gasteiger partial charge on any atom is 0.115 e. The molecule has 0 radical (unpaired) electrons. The van der Waals surface area contributed by atoms with Gasteiger partial charge in [0.1, 0.15) is 5.75 Å². The summed E-state index contributed by atoms with van der Waals surface area (Å²) in [5, 5.41) is 20.4. The largest absolute Gasteiger partial charge is 0.508 e. The molecule has 2 fully saturated rings. The topological polar surface area (TPSA) is 40.5 Å². The first-order chi connectivity index (χ1) is 10.5. The minimum Gasteiger partial charge on any atom is -0.508 e. The van der Waals surface area contributed by atoms with E-state index >= 15 is 0 Å². The van der Waals surface area contributed by atoms with E-state index in [1.54, 1.807) is 0 Å². The van der Waals surface area contributed by atoms with E-state index in [1.807, 2.05) is 12.1 Å². The van der Waals surface area contributed by atoms with Crippen molar-refractivity contribution in [3.05, 3.63) is 29.3 Å². The van der Waals surface area contributed by atoms with E-state index in [-0.39, 0.29) is 11.5 Å². The van der Waals surface area contributed by atoms with E-state index in [9.17, 15) is 10.2 Å². The molecule has 2 nitrogen and oxygen atoms in total. The lowest BCUT2D eigenvalue weighted by atomic mass is 9.52. The average molecular weight is 300 g/mol. The highest BCUT2D eigenvalue weighted by Gasteiger charge is 2.56. The van der Waals surface area contributed by atoms with Crippen LogP contribution >= 0.6 is 0 Å². The average Bonchev–Trinajstić information content (AvgIpc) is 2.81. The lowest BCUT2D eigenvalue weighted by molar-refractivity contribution is -0.0386. The van der Waals surface area contributed by atoms with Crippen LogP contribution in [0.1, 0.15) is 63.0 Å². The van der Waals surface area contributed by atoms with Crippen LogP contribution in [0.2, 0.25) is 0 Å². The Balaban J connectivity index is 1.77. The van der Waals surface area contributed by atoms with Crippen LogP contribution in [0.15, 0.2) is 18.2 Å². The van der Waals surface area contributed by atoms with Crippen molar-refractivity contribution in [2.24, 2.45) is 23.2 Å². The number of aliphatic hydroxyl groups excluding tert-OH is 1. The molecule has 0 aromatic heterocycles. The Kier molecular flexibility index (Phi) is 3.30. The molecule has 3 aliphatic carbocycles. The van der Waals surface area contributed by atoms with Crippen LogP contribution in [-0.2, 0) is 6.42 Å². The zero-order valence-electron chi connectivity index (χ0n) is 13.8. The minimum atomic E-state index is -0.0998. The molecule has 2 heteroatoms. The van der Waals surface area contributed by atoms with E-state index in [0.29, 0.717) is 23.5 Å². The molecule has 22 heavy (non-hydrogen) atoms. The molecule has 0 heterocycles. The molecule has 6 atom stereocenters. The van der Waals surface area contributed by atoms with Crippen molar-refractivity contribution in [2.75, 3.05) is 0 Å². The molecule has 0 saturated heterocycles. The van der Waals surface area contributed by atoms with Gasteiger partial charge in [-0.1, -0.05) is 26.3 Å². The van der Waals surface area contributed by atoms with Gasteiger partial charge in [0.15, 0.2) is 0 Å². The van der Waals surface area contributed by atoms with E-state index in [4.69, 9.17) is 0 Å². The van der Waals surface area contributed by atoms with E-state index in [2.05, 4.69) is 19.9 Å². The smallest absolute Gasteiger partial charge is 0.115 e. The van der Waals surface area contributed by atoms with Crippen LogP contribution in [0, 0.1) is 23.2 Å². The molecular weight excluding hydrogens is 272 g/mol. The summed E-state index contributed by atoms with van der Waals surface area (Å²) in [7, 11) is 0. The van der Waals surface area contributed by atoms with Crippen molar-refractivity contribution in [1.29, 1.82) is 0 Å². The lowest BCUT2D eigenvalue weighted by Crippen LogP contribution is -2.47. The molecule has 0 unspecified atom stereocenters. The zero-order valence-corrected chi connectivity index (χ0v) is 13.8. The third kappa shape index (κ3) is 1.89. The van der Waals surface area contributed by atoms with Crippen LogP contribution in [0.5, 0.6) is 5.75 Å². The number of aliphatic hydroxyl groups is 1. The van der Waals surface area contributed by atoms with Crippen molar-refractivity contribution < 1.29 is 10.2 Å². The summed E-state index contributed by atoms with van der Waals surface area (Å²) in [6, 6.07) is 6.02. The fourth-order valence-electron chi connectivity index (χ4n) is 6.15. The number of hydrogen-bond acceptors (Lipinski definition) is 2. The molecule has 0 amide bonds. The summed E-state index contributed by atoms with van der Waals surface area (Å²) in [6.07, 6.45) is 6.74. The minimum absolute atomic E-state index is 0.0998. The summed E-state index contributed by atoms with van der Waals surface area (Å²) >= 11 is 0. The number of benzene rings is 1. The third-order valence-electron chi connectivity index (χ3n) is 7.36. The SMILES string of the molecule is CC[C@H]1Cc2cc(O)ccc2[C@H]2CC[C@]3(C)[C@@H](O)CC[C@H]3[C@H]12. The van der Waals surface area contributed by atoms with Crippen molar-refractivity contribution in [2.45, 2.75) is 64.4 Å². The predicted octanol–water partition coefficient (Wildman–Crippen LogP) is 4.25. The molecule has 0 aliphatic heterocycles. The first-order valence-electron chi connectivity index (χ1n) is 9.04. The highest BCUT2D eigenvalue weighted by molar-refractivity contribution is 5.40. The van der Waals surface area contributed by atoms with Crippen LogP contribution < -0.4 is 0 Å². The second kappa shape index (κ2) is 4.99. The highest BCUT2D eigenvalue weighted by Crippen LogP contribution is 2.62. The Morgan fingerprint density at radius 1 is 1.23 bits per heavy atom. The molecule has 0 spiro atoms. The number of phenolic OH excluding ortho intramolecular Hbond substituents is 1. The van der Waals surface area contributed by atoms with Crippen molar-refractivity contribution in [3.8, 4) is 5.75 Å². The third-order valence-corrected chi connectivity index (χ3v) is 7.36. The van der Waals surface area contributed by atoms with Gasteiger partial charge in [0.25, 0.3) is 0 Å². The maximum absolute atomic E-state index is 10.5. The van der Waals surface area contributed by atoms with E-state index in [0.717, 1.165) is 25.2 Å². The van der Waals surface area contributed by atoms with Gasteiger partial charge < -0.3 is 10.2 Å². The van der Waals surface area contributed by atoms with Crippen molar-refractivity contribution >= 4 is 0 Å². The van der Waals surface area contributed by atoms with E-state index < -0.39 is 0 Å². The maximum atomic E-state index is 10.5. The quantitative estimate of drug-likeness (QED) is 0.814. The monoisotopic (exact) mass is 300 g/mol. The van der Waals surface area contributed by atoms with Crippen molar-refractivity contribution in [3.63, 3.8) is 0 Å². The molecule has 1 aromatic rings. The lowest BCUT2D eigenvalue weighted by Gasteiger charge is -2.53. The van der Waals surface area contributed by atoms with Gasteiger partial charge in [0, 0.05) is 0 Å². The Morgan fingerprint density at radius 2 is 2.05 bits per heavy atom. The summed E-state index contributed by atoms with van der Waals surface area (Å²) in [6.45, 7) is 4.65. The number of hydrogen-bond donors (Lipinski definition) is 2. The Labute approximate surface area is 133 Å². The number of phenols is 1. The zero-order chi connectivity index (χ0) is 15.5. The number of rotatable bonds is 1. The Hall–Kier alpha value is -1.02. The summed E-state index contributed by atoms with van der Waals surface area (Å²) in [4.78, 5) is 0. The van der Waals surface area contributed by atoms with Gasteiger partial charge in [-0.2, -0.15) is 0 Å². The van der Waals surface area contributed by atoms with Crippen LogP contribution in [0.4, 0.5) is 0 Å². The molecule has 2 N–H and O–H groups in total. The molecule has 3 aliphatic rings. The second-order valence-electron chi connectivity index (χ2n) is 8.18. The van der Waals surface area contributed by atoms with Crippen LogP contribution in [-0.4, -0.2) is 16.3 Å². The summed E-state index contributed by atoms with van der Waals surface area (Å²) in [5.41, 5.74) is 2.99. The van der Waals surface area contributed by atoms with E-state index in [1.165, 1.54) is 30.4 Å². The van der Waals surface area contributed by atoms with Gasteiger partial charge in [0.05, 0.1) is 6.10 Å². The normalized spacial score (nSPS) is 43.3. The van der Waals surface area contributed by atoms with Gasteiger partial charge in [-0.25, -0.2) is 0 Å². The van der Waals surface area contributed by atoms with Gasteiger partial charge in [0.2, 0.25) is 0 Å². The molecule has 4 rings (SSSR count). The highest BCUT2D eigenvalue weighted by atomic mass is 16.3. The molecular formula is C20H28O2. The molecule has 1 aromatic carbocycles. The van der Waals surface area contributed by atoms with Gasteiger partial charge in [-0.15, -0.1) is 0 Å². The standard InChI is InChI=1S/C20H28O2/c1-3-12-10-13-11-14(21)4-5-15(13)16-8-9-20(2)17(19(12)16)6-7-18(20)22/h4-5,11-12,16-19,21-22H,3,6-10H2,1-2H3/t12-,16+,17-,18-,19+,20-/m0/s1. The van der Waals surface area contributed by atoms with Gasteiger partial charge in [-0.05, 0) is 84.5 Å². The molecule has 2 saturated carbocycles. The second-order valence-corrected chi connectivity index (χ2v) is 8.18. The Morgan fingerprint density at radius 3 is 2.82 bits per heavy atom. The first kappa shape index (κ1) is 14.6. The number of fused-ring (bicyclic) bond motifs is 5. The predicted molar refractivity (Wildman–Crippen MR) is 87.9 cm³/mol. The summed E-state index contributed by atoms with van der Waals surface area (Å²) < 4.78 is 0. The van der Waals surface area contributed by atoms with Gasteiger partial charge >= 0.3 is 0 Å². The van der Waals surface area contributed by atoms with Crippen LogP contribution in [0.25, 0.3) is 0 Å². The summed E-state index contributed by atoms with van der Waals surface area (Å²) in [5.74, 6) is 3.14. The molecule has 120 valence electrons. The van der Waals surface area contributed by atoms with Crippen LogP contribution in [0.3, 0.4) is 0 Å². The van der Waals surface area contributed by atoms with Crippen molar-refractivity contribution in [1.82, 2.24) is 0 Å². The Bertz CT molecular complexity index is 581. The first-order valence-corrected chi connectivity index (χ1v) is 9.04. The molecule has 0 bridgehead atoms. The fourth-order valence-corrected chi connectivity index (χ4v) is 6.15. The number of aromatic hydroxyl groups is 1. The fraction of sp³-hybridized carbons (Fsp3) is 0.700.